The lowest BCUT2D eigenvalue weighted by Crippen LogP contribution is -2.28. The van der Waals surface area contributed by atoms with Gasteiger partial charge in [0.25, 0.3) is 0 Å². The molecule has 1 aliphatic rings. The normalized spacial score (nSPS) is 31.8. The van der Waals surface area contributed by atoms with Gasteiger partial charge >= 0.3 is 6.18 Å². The van der Waals surface area contributed by atoms with Crippen LogP contribution in [0.3, 0.4) is 0 Å². The van der Waals surface area contributed by atoms with E-state index in [1.165, 1.54) is 0 Å². The number of rotatable bonds is 0. The van der Waals surface area contributed by atoms with Crippen LogP contribution in [-0.2, 0) is 4.74 Å². The first-order valence-corrected chi connectivity index (χ1v) is 3.10. The highest BCUT2D eigenvalue weighted by Gasteiger charge is 2.48. The number of hydrogen-bond acceptors (Lipinski definition) is 2. The second kappa shape index (κ2) is 2.70. The van der Waals surface area contributed by atoms with Gasteiger partial charge in [0.05, 0.1) is 31.1 Å². The summed E-state index contributed by atoms with van der Waals surface area (Å²) in [5.41, 5.74) is 0. The molecule has 0 saturated carbocycles. The molecule has 2 nitrogen and oxygen atoms in total. The van der Waals surface area contributed by atoms with E-state index in [-0.39, 0.29) is 13.2 Å². The Kier molecular flexibility index (Phi) is 2.05. The molecule has 0 unspecified atom stereocenters. The van der Waals surface area contributed by atoms with Crippen molar-refractivity contribution in [2.24, 2.45) is 11.8 Å². The van der Waals surface area contributed by atoms with Gasteiger partial charge in [-0.25, -0.2) is 0 Å². The average Bonchev–Trinajstić information content (AvgIpc) is 2.31. The second-order valence-corrected chi connectivity index (χ2v) is 2.42. The largest absolute Gasteiger partial charge is 0.395 e. The molecule has 11 heavy (non-hydrogen) atoms. The van der Waals surface area contributed by atoms with Crippen LogP contribution in [0.25, 0.3) is 0 Å². The third-order valence-electron chi connectivity index (χ3n) is 1.67. The van der Waals surface area contributed by atoms with Crippen LogP contribution in [0.1, 0.15) is 0 Å². The lowest BCUT2D eigenvalue weighted by molar-refractivity contribution is -0.178. The van der Waals surface area contributed by atoms with Crippen molar-refractivity contribution in [1.82, 2.24) is 0 Å². The van der Waals surface area contributed by atoms with Gasteiger partial charge in [0.1, 0.15) is 0 Å². The first-order chi connectivity index (χ1) is 5.05. The first kappa shape index (κ1) is 8.34. The van der Waals surface area contributed by atoms with Gasteiger partial charge in [-0.3, -0.25) is 0 Å². The molecule has 0 aromatic rings. The molecule has 2 atom stereocenters. The molecule has 0 bridgehead atoms. The Labute approximate surface area is 61.6 Å². The summed E-state index contributed by atoms with van der Waals surface area (Å²) in [6.07, 6.45) is -4.29. The summed E-state index contributed by atoms with van der Waals surface area (Å²) >= 11 is 0. The molecular formula is C6H6F3NO. The maximum atomic E-state index is 12.0. The number of hydrogen-bond donors (Lipinski definition) is 0. The minimum atomic E-state index is -4.29. The van der Waals surface area contributed by atoms with Crippen molar-refractivity contribution in [3.05, 3.63) is 0 Å². The lowest BCUT2D eigenvalue weighted by Gasteiger charge is -2.14. The van der Waals surface area contributed by atoms with Crippen molar-refractivity contribution in [3.63, 3.8) is 0 Å². The Morgan fingerprint density at radius 3 is 2.36 bits per heavy atom. The van der Waals surface area contributed by atoms with E-state index in [1.54, 1.807) is 6.07 Å². The number of ether oxygens (including phenoxy) is 1. The van der Waals surface area contributed by atoms with Gasteiger partial charge in [-0.2, -0.15) is 18.4 Å². The fourth-order valence-electron chi connectivity index (χ4n) is 1.00. The maximum Gasteiger partial charge on any atom is 0.395 e. The lowest BCUT2D eigenvalue weighted by atomic mass is 9.97. The molecular weight excluding hydrogens is 159 g/mol. The summed E-state index contributed by atoms with van der Waals surface area (Å²) in [6, 6.07) is 1.58. The zero-order valence-corrected chi connectivity index (χ0v) is 5.56. The maximum absolute atomic E-state index is 12.0. The molecule has 1 rings (SSSR count). The summed E-state index contributed by atoms with van der Waals surface area (Å²) in [5, 5.41) is 8.27. The molecule has 0 N–H and O–H groups in total. The molecule has 1 heterocycles. The van der Waals surface area contributed by atoms with Crippen molar-refractivity contribution < 1.29 is 17.9 Å². The van der Waals surface area contributed by atoms with E-state index in [2.05, 4.69) is 4.74 Å². The van der Waals surface area contributed by atoms with Gasteiger partial charge in [0.15, 0.2) is 0 Å². The molecule has 1 aliphatic heterocycles. The van der Waals surface area contributed by atoms with E-state index < -0.39 is 18.0 Å². The van der Waals surface area contributed by atoms with Crippen molar-refractivity contribution in [2.45, 2.75) is 6.18 Å². The first-order valence-electron chi connectivity index (χ1n) is 3.10. The third kappa shape index (κ3) is 1.63. The topological polar surface area (TPSA) is 33.0 Å². The summed E-state index contributed by atoms with van der Waals surface area (Å²) in [6.45, 7) is -0.470. The van der Waals surface area contributed by atoms with Crippen LogP contribution in [-0.4, -0.2) is 19.4 Å². The van der Waals surface area contributed by atoms with Gasteiger partial charge in [0.2, 0.25) is 0 Å². The van der Waals surface area contributed by atoms with Gasteiger partial charge in [0, 0.05) is 0 Å². The summed E-state index contributed by atoms with van der Waals surface area (Å²) in [7, 11) is 0. The highest BCUT2D eigenvalue weighted by atomic mass is 19.4. The van der Waals surface area contributed by atoms with Crippen LogP contribution >= 0.6 is 0 Å². The molecule has 5 heteroatoms. The number of nitrogens with zero attached hydrogens (tertiary/aromatic N) is 1. The monoisotopic (exact) mass is 165 g/mol. The average molecular weight is 165 g/mol. The second-order valence-electron chi connectivity index (χ2n) is 2.42. The van der Waals surface area contributed by atoms with Gasteiger partial charge in [-0.1, -0.05) is 0 Å². The predicted molar refractivity (Wildman–Crippen MR) is 29.5 cm³/mol. The predicted octanol–water partition coefficient (Wildman–Crippen LogP) is 1.33. The number of nitriles is 1. The Balaban J connectivity index is 2.66. The minimum Gasteiger partial charge on any atom is -0.379 e. The zero-order valence-electron chi connectivity index (χ0n) is 5.56. The molecule has 62 valence electrons. The van der Waals surface area contributed by atoms with Crippen LogP contribution in [0.4, 0.5) is 13.2 Å². The van der Waals surface area contributed by atoms with Crippen molar-refractivity contribution in [3.8, 4) is 6.07 Å². The molecule has 0 aliphatic carbocycles. The highest BCUT2D eigenvalue weighted by molar-refractivity contribution is 4.94. The number of halogens is 3. The Hall–Kier alpha value is -0.760. The summed E-state index contributed by atoms with van der Waals surface area (Å²) < 4.78 is 40.4. The van der Waals surface area contributed by atoms with Crippen LogP contribution in [0.5, 0.6) is 0 Å². The summed E-state index contributed by atoms with van der Waals surface area (Å²) in [4.78, 5) is 0. The molecule has 0 amide bonds. The van der Waals surface area contributed by atoms with E-state index in [0.29, 0.717) is 0 Å². The van der Waals surface area contributed by atoms with E-state index in [0.717, 1.165) is 0 Å². The molecule has 0 radical (unpaired) electrons. The van der Waals surface area contributed by atoms with Crippen LogP contribution < -0.4 is 0 Å². The van der Waals surface area contributed by atoms with E-state index in [1.807, 2.05) is 0 Å². The smallest absolute Gasteiger partial charge is 0.379 e. The fourth-order valence-corrected chi connectivity index (χ4v) is 1.00. The molecule has 1 saturated heterocycles. The Morgan fingerprint density at radius 2 is 2.00 bits per heavy atom. The van der Waals surface area contributed by atoms with Gasteiger partial charge < -0.3 is 4.74 Å². The van der Waals surface area contributed by atoms with Crippen LogP contribution in [0, 0.1) is 23.2 Å². The minimum absolute atomic E-state index is 0.0966. The van der Waals surface area contributed by atoms with Crippen LogP contribution in [0.2, 0.25) is 0 Å². The Morgan fingerprint density at radius 1 is 1.36 bits per heavy atom. The fraction of sp³-hybridized carbons (Fsp3) is 0.833. The highest BCUT2D eigenvalue weighted by Crippen LogP contribution is 2.35. The molecule has 1 fully saturated rings. The standard InChI is InChI=1S/C6H6F3NO/c7-6(8,9)5-3-11-2-4(5)1-10/h4-5H,2-3H2/t4-,5-/m1/s1. The molecule has 0 aromatic carbocycles. The van der Waals surface area contributed by atoms with E-state index >= 15 is 0 Å². The van der Waals surface area contributed by atoms with Crippen molar-refractivity contribution in [2.75, 3.05) is 13.2 Å². The zero-order chi connectivity index (χ0) is 8.48. The third-order valence-corrected chi connectivity index (χ3v) is 1.67. The van der Waals surface area contributed by atoms with Crippen molar-refractivity contribution in [1.29, 1.82) is 5.26 Å². The quantitative estimate of drug-likeness (QED) is 0.542. The molecule has 0 spiro atoms. The van der Waals surface area contributed by atoms with Crippen LogP contribution in [0.15, 0.2) is 0 Å². The van der Waals surface area contributed by atoms with E-state index in [9.17, 15) is 13.2 Å². The van der Waals surface area contributed by atoms with Crippen molar-refractivity contribution >= 4 is 0 Å². The molecule has 0 aromatic heterocycles. The van der Waals surface area contributed by atoms with Gasteiger partial charge in [-0.15, -0.1) is 0 Å². The SMILES string of the molecule is N#C[C@@H]1COC[C@H]1C(F)(F)F. The summed E-state index contributed by atoms with van der Waals surface area (Å²) in [5.74, 6) is -2.61. The Bertz CT molecular complexity index is 183. The van der Waals surface area contributed by atoms with E-state index in [4.69, 9.17) is 5.26 Å². The number of alkyl halides is 3. The van der Waals surface area contributed by atoms with Gasteiger partial charge in [-0.05, 0) is 0 Å².